The van der Waals surface area contributed by atoms with Gasteiger partial charge in [-0.1, -0.05) is 12.1 Å². The van der Waals surface area contributed by atoms with E-state index in [1.165, 1.54) is 6.07 Å². The number of ether oxygens (including phenoxy) is 1. The zero-order valence-electron chi connectivity index (χ0n) is 12.2. The molecule has 2 rings (SSSR count). The van der Waals surface area contributed by atoms with Gasteiger partial charge in [-0.25, -0.2) is 8.78 Å². The van der Waals surface area contributed by atoms with Gasteiger partial charge in [-0.2, -0.15) is 0 Å². The van der Waals surface area contributed by atoms with Crippen molar-refractivity contribution >= 4 is 0 Å². The molecule has 4 heteroatoms. The number of nitrogens with one attached hydrogen (secondary N) is 1. The maximum Gasteiger partial charge on any atom is 0.128 e. The van der Waals surface area contributed by atoms with Crippen LogP contribution < -0.4 is 10.1 Å². The Morgan fingerprint density at radius 2 is 1.81 bits per heavy atom. The summed E-state index contributed by atoms with van der Waals surface area (Å²) in [6.07, 6.45) is 0. The molecule has 0 aliphatic carbocycles. The molecule has 0 amide bonds. The van der Waals surface area contributed by atoms with E-state index >= 15 is 0 Å². The first kappa shape index (κ1) is 15.4. The first-order valence-electron chi connectivity index (χ1n) is 7.00. The van der Waals surface area contributed by atoms with Crippen molar-refractivity contribution in [2.24, 2.45) is 0 Å². The molecule has 1 N–H and O–H groups in total. The van der Waals surface area contributed by atoms with Gasteiger partial charge in [-0.3, -0.25) is 0 Å². The smallest absolute Gasteiger partial charge is 0.128 e. The lowest BCUT2D eigenvalue weighted by molar-refractivity contribution is 0.340. The Hall–Kier alpha value is -1.94. The molecule has 0 bridgehead atoms. The molecule has 21 heavy (non-hydrogen) atoms. The maximum atomic E-state index is 13.7. The molecule has 1 unspecified atom stereocenters. The van der Waals surface area contributed by atoms with Gasteiger partial charge in [0.1, 0.15) is 17.4 Å². The van der Waals surface area contributed by atoms with Crippen LogP contribution in [0.3, 0.4) is 0 Å². The summed E-state index contributed by atoms with van der Waals surface area (Å²) in [5.41, 5.74) is 1.39. The first-order valence-corrected chi connectivity index (χ1v) is 7.00. The molecule has 2 aromatic carbocycles. The Morgan fingerprint density at radius 3 is 2.48 bits per heavy atom. The lowest BCUT2D eigenvalue weighted by Crippen LogP contribution is -2.19. The van der Waals surface area contributed by atoms with Crippen molar-refractivity contribution in [3.63, 3.8) is 0 Å². The van der Waals surface area contributed by atoms with Gasteiger partial charge < -0.3 is 10.1 Å². The zero-order valence-corrected chi connectivity index (χ0v) is 12.2. The summed E-state index contributed by atoms with van der Waals surface area (Å²) >= 11 is 0. The van der Waals surface area contributed by atoms with Crippen LogP contribution in [0.25, 0.3) is 0 Å². The number of hydrogen-bond acceptors (Lipinski definition) is 2. The minimum absolute atomic E-state index is 0.271. The Labute approximate surface area is 123 Å². The minimum atomic E-state index is -0.430. The highest BCUT2D eigenvalue weighted by atomic mass is 19.1. The predicted octanol–water partition coefficient (Wildman–Crippen LogP) is 4.21. The lowest BCUT2D eigenvalue weighted by Gasteiger charge is -2.15. The number of halogens is 2. The monoisotopic (exact) mass is 291 g/mol. The molecule has 2 aromatic rings. The average Bonchev–Trinajstić information content (AvgIpc) is 2.49. The molecule has 0 spiro atoms. The molecule has 0 aliphatic heterocycles. The Morgan fingerprint density at radius 1 is 1.10 bits per heavy atom. The van der Waals surface area contributed by atoms with E-state index in [1.54, 1.807) is 0 Å². The highest BCUT2D eigenvalue weighted by Gasteiger charge is 2.11. The SMILES string of the molecule is CCOc1ccc(CNC(C)c2cc(F)ccc2F)cc1. The molecule has 0 saturated heterocycles. The maximum absolute atomic E-state index is 13.7. The highest BCUT2D eigenvalue weighted by molar-refractivity contribution is 5.27. The normalized spacial score (nSPS) is 12.2. The van der Waals surface area contributed by atoms with Crippen LogP contribution in [-0.2, 0) is 6.54 Å². The van der Waals surface area contributed by atoms with Crippen LogP contribution in [-0.4, -0.2) is 6.61 Å². The van der Waals surface area contributed by atoms with Crippen molar-refractivity contribution in [2.45, 2.75) is 26.4 Å². The lowest BCUT2D eigenvalue weighted by atomic mass is 10.1. The molecule has 1 atom stereocenters. The van der Waals surface area contributed by atoms with Crippen LogP contribution in [0.5, 0.6) is 5.75 Å². The van der Waals surface area contributed by atoms with Crippen LogP contribution in [0.1, 0.15) is 31.0 Å². The van der Waals surface area contributed by atoms with Crippen molar-refractivity contribution in [2.75, 3.05) is 6.61 Å². The fraction of sp³-hybridized carbons (Fsp3) is 0.294. The zero-order chi connectivity index (χ0) is 15.2. The highest BCUT2D eigenvalue weighted by Crippen LogP contribution is 2.19. The third-order valence-corrected chi connectivity index (χ3v) is 3.27. The fourth-order valence-corrected chi connectivity index (χ4v) is 2.10. The molecular weight excluding hydrogens is 272 g/mol. The van der Waals surface area contributed by atoms with Gasteiger partial charge in [-0.05, 0) is 49.7 Å². The molecule has 0 heterocycles. The van der Waals surface area contributed by atoms with E-state index in [1.807, 2.05) is 38.1 Å². The van der Waals surface area contributed by atoms with E-state index in [0.717, 1.165) is 23.4 Å². The van der Waals surface area contributed by atoms with Gasteiger partial charge in [0.05, 0.1) is 6.61 Å². The Kier molecular flexibility index (Phi) is 5.28. The van der Waals surface area contributed by atoms with Gasteiger partial charge in [0.2, 0.25) is 0 Å². The largest absolute Gasteiger partial charge is 0.494 e. The van der Waals surface area contributed by atoms with Crippen molar-refractivity contribution in [3.8, 4) is 5.75 Å². The molecule has 2 nitrogen and oxygen atoms in total. The predicted molar refractivity (Wildman–Crippen MR) is 79.2 cm³/mol. The van der Waals surface area contributed by atoms with Crippen LogP contribution in [0.4, 0.5) is 8.78 Å². The summed E-state index contributed by atoms with van der Waals surface area (Å²) in [5, 5.41) is 3.19. The Bertz CT molecular complexity index is 584. The fourth-order valence-electron chi connectivity index (χ4n) is 2.10. The molecular formula is C17H19F2NO. The summed E-state index contributed by atoms with van der Waals surface area (Å²) in [6, 6.07) is 10.9. The molecule has 112 valence electrons. The summed E-state index contributed by atoms with van der Waals surface area (Å²) in [5.74, 6) is -0.00492. The molecule has 0 fully saturated rings. The van der Waals surface area contributed by atoms with Crippen LogP contribution in [0, 0.1) is 11.6 Å². The van der Waals surface area contributed by atoms with Gasteiger partial charge >= 0.3 is 0 Å². The van der Waals surface area contributed by atoms with Crippen molar-refractivity contribution < 1.29 is 13.5 Å². The van der Waals surface area contributed by atoms with Crippen molar-refractivity contribution in [1.82, 2.24) is 5.32 Å². The minimum Gasteiger partial charge on any atom is -0.494 e. The van der Waals surface area contributed by atoms with E-state index in [-0.39, 0.29) is 6.04 Å². The summed E-state index contributed by atoms with van der Waals surface area (Å²) < 4.78 is 32.2. The van der Waals surface area contributed by atoms with Crippen LogP contribution >= 0.6 is 0 Å². The third kappa shape index (κ3) is 4.26. The Balaban J connectivity index is 1.97. The van der Waals surface area contributed by atoms with Gasteiger partial charge in [-0.15, -0.1) is 0 Å². The van der Waals surface area contributed by atoms with E-state index in [9.17, 15) is 8.78 Å². The third-order valence-electron chi connectivity index (χ3n) is 3.27. The number of benzene rings is 2. The van der Waals surface area contributed by atoms with Crippen LogP contribution in [0.15, 0.2) is 42.5 Å². The molecule has 0 aliphatic rings. The standard InChI is InChI=1S/C17H19F2NO/c1-3-21-15-7-4-13(5-8-15)11-20-12(2)16-10-14(18)6-9-17(16)19/h4-10,12,20H,3,11H2,1-2H3. The molecule has 0 aromatic heterocycles. The second kappa shape index (κ2) is 7.18. The summed E-state index contributed by atoms with van der Waals surface area (Å²) in [4.78, 5) is 0. The first-order chi connectivity index (χ1) is 10.1. The van der Waals surface area contributed by atoms with E-state index in [4.69, 9.17) is 4.74 Å². The van der Waals surface area contributed by atoms with Crippen molar-refractivity contribution in [1.29, 1.82) is 0 Å². The number of rotatable bonds is 6. The average molecular weight is 291 g/mol. The molecule has 0 radical (unpaired) electrons. The van der Waals surface area contributed by atoms with E-state index < -0.39 is 11.6 Å². The van der Waals surface area contributed by atoms with Gasteiger partial charge in [0.25, 0.3) is 0 Å². The van der Waals surface area contributed by atoms with Gasteiger partial charge in [0.15, 0.2) is 0 Å². The van der Waals surface area contributed by atoms with Crippen LogP contribution in [0.2, 0.25) is 0 Å². The summed E-state index contributed by atoms with van der Waals surface area (Å²) in [6.45, 7) is 4.95. The summed E-state index contributed by atoms with van der Waals surface area (Å²) in [7, 11) is 0. The van der Waals surface area contributed by atoms with E-state index in [2.05, 4.69) is 5.32 Å². The second-order valence-electron chi connectivity index (χ2n) is 4.85. The number of hydrogen-bond donors (Lipinski definition) is 1. The topological polar surface area (TPSA) is 21.3 Å². The quantitative estimate of drug-likeness (QED) is 0.860. The van der Waals surface area contributed by atoms with Crippen molar-refractivity contribution in [3.05, 3.63) is 65.2 Å². The molecule has 0 saturated carbocycles. The van der Waals surface area contributed by atoms with E-state index in [0.29, 0.717) is 18.7 Å². The second-order valence-corrected chi connectivity index (χ2v) is 4.85. The van der Waals surface area contributed by atoms with Gasteiger partial charge in [0, 0.05) is 18.2 Å².